The van der Waals surface area contributed by atoms with E-state index in [0.717, 1.165) is 0 Å². The van der Waals surface area contributed by atoms with E-state index in [2.05, 4.69) is 10.4 Å². The number of rotatable bonds is 10. The second-order valence-corrected chi connectivity index (χ2v) is 8.80. The van der Waals surface area contributed by atoms with Gasteiger partial charge in [-0.25, -0.2) is 4.79 Å². The van der Waals surface area contributed by atoms with Gasteiger partial charge in [-0.15, -0.1) is 0 Å². The number of nitrogens with one attached hydrogen (secondary N) is 1. The van der Waals surface area contributed by atoms with Crippen LogP contribution in [-0.4, -0.2) is 66.1 Å². The van der Waals surface area contributed by atoms with Crippen molar-refractivity contribution in [1.29, 1.82) is 0 Å². The molecule has 9 heteroatoms. The van der Waals surface area contributed by atoms with Crippen LogP contribution in [-0.2, 0) is 4.74 Å². The quantitative estimate of drug-likeness (QED) is 0.433. The van der Waals surface area contributed by atoms with E-state index in [1.54, 1.807) is 53.0 Å². The van der Waals surface area contributed by atoms with Crippen molar-refractivity contribution in [3.05, 3.63) is 48.2 Å². The Balaban J connectivity index is 1.51. The summed E-state index contributed by atoms with van der Waals surface area (Å²) in [4.78, 5) is 12.5. The van der Waals surface area contributed by atoms with Crippen LogP contribution in [0.1, 0.15) is 26.5 Å². The number of ether oxygens (including phenoxy) is 4. The molecule has 2 N–H and O–H groups in total. The van der Waals surface area contributed by atoms with Crippen molar-refractivity contribution >= 4 is 17.0 Å². The number of aliphatic hydroxyl groups excluding tert-OH is 1. The number of aryl methyl sites for hydroxylation is 1. The summed E-state index contributed by atoms with van der Waals surface area (Å²) in [6.45, 7) is 8.60. The zero-order valence-corrected chi connectivity index (χ0v) is 20.3. The lowest BCUT2D eigenvalue weighted by molar-refractivity contribution is 0.0522. The van der Waals surface area contributed by atoms with Crippen molar-refractivity contribution in [1.82, 2.24) is 15.1 Å². The molecule has 3 rings (SSSR count). The monoisotopic (exact) mass is 471 g/mol. The molecule has 0 amide bonds. The maximum absolute atomic E-state index is 12.5. The Morgan fingerprint density at radius 3 is 2.50 bits per heavy atom. The van der Waals surface area contributed by atoms with Gasteiger partial charge in [-0.1, -0.05) is 18.2 Å². The fraction of sp³-hybridized carbons (Fsp3) is 0.440. The van der Waals surface area contributed by atoms with E-state index >= 15 is 0 Å². The molecule has 0 bridgehead atoms. The molecule has 2 aromatic carbocycles. The minimum atomic E-state index is -0.734. The molecule has 0 radical (unpaired) electrons. The van der Waals surface area contributed by atoms with Gasteiger partial charge in [0.25, 0.3) is 0 Å². The molecule has 34 heavy (non-hydrogen) atoms. The number of benzene rings is 2. The van der Waals surface area contributed by atoms with Crippen LogP contribution in [0, 0.1) is 6.92 Å². The molecular formula is C25H33N3O6. The largest absolute Gasteiger partial charge is 0.493 e. The molecule has 1 heterocycles. The molecule has 0 fully saturated rings. The topological polar surface area (TPSA) is 104 Å². The first-order valence-corrected chi connectivity index (χ1v) is 11.2. The van der Waals surface area contributed by atoms with Crippen molar-refractivity contribution < 1.29 is 28.8 Å². The third-order valence-electron chi connectivity index (χ3n) is 4.83. The van der Waals surface area contributed by atoms with Crippen molar-refractivity contribution in [2.24, 2.45) is 0 Å². The number of fused-ring (bicyclic) bond motifs is 1. The summed E-state index contributed by atoms with van der Waals surface area (Å²) in [6.07, 6.45) is -1.29. The Kier molecular flexibility index (Phi) is 8.36. The Labute approximate surface area is 199 Å². The molecule has 0 aliphatic carbocycles. The standard InChI is InChI=1S/C25H33N3O6/c1-17-23-19(28(27-17)24(30)34-25(2,3)4)9-8-12-22(23)33-16-18(29)15-26-13-14-32-21-11-7-6-10-20(21)31-5/h6-12,18,26,29H,13-16H2,1-5H3. The summed E-state index contributed by atoms with van der Waals surface area (Å²) in [6, 6.07) is 12.8. The lowest BCUT2D eigenvalue weighted by Crippen LogP contribution is -2.33. The second kappa shape index (κ2) is 11.2. The van der Waals surface area contributed by atoms with Crippen LogP contribution in [0.5, 0.6) is 17.2 Å². The predicted octanol–water partition coefficient (Wildman–Crippen LogP) is 3.54. The molecule has 1 aromatic heterocycles. The normalized spacial score (nSPS) is 12.4. The minimum absolute atomic E-state index is 0.0799. The van der Waals surface area contributed by atoms with Crippen molar-refractivity contribution in [2.75, 3.05) is 33.4 Å². The Morgan fingerprint density at radius 1 is 1.09 bits per heavy atom. The third-order valence-corrected chi connectivity index (χ3v) is 4.83. The summed E-state index contributed by atoms with van der Waals surface area (Å²) in [5.41, 5.74) is 0.593. The minimum Gasteiger partial charge on any atom is -0.493 e. The van der Waals surface area contributed by atoms with Gasteiger partial charge in [0, 0.05) is 13.1 Å². The smallest absolute Gasteiger partial charge is 0.435 e. The van der Waals surface area contributed by atoms with E-state index in [1.807, 2.05) is 24.3 Å². The average Bonchev–Trinajstić information content (AvgIpc) is 3.14. The molecule has 1 unspecified atom stereocenters. The van der Waals surface area contributed by atoms with Gasteiger partial charge in [0.2, 0.25) is 0 Å². The summed E-state index contributed by atoms with van der Waals surface area (Å²) < 4.78 is 23.5. The summed E-state index contributed by atoms with van der Waals surface area (Å²) in [7, 11) is 1.60. The van der Waals surface area contributed by atoms with Crippen LogP contribution < -0.4 is 19.5 Å². The molecule has 3 aromatic rings. The van der Waals surface area contributed by atoms with E-state index in [1.165, 1.54) is 4.68 Å². The number of aliphatic hydroxyl groups is 1. The van der Waals surface area contributed by atoms with Gasteiger partial charge in [-0.2, -0.15) is 9.78 Å². The second-order valence-electron chi connectivity index (χ2n) is 8.80. The van der Waals surface area contributed by atoms with Gasteiger partial charge in [0.15, 0.2) is 11.5 Å². The van der Waals surface area contributed by atoms with Crippen LogP contribution in [0.2, 0.25) is 0 Å². The zero-order chi connectivity index (χ0) is 24.7. The highest BCUT2D eigenvalue weighted by atomic mass is 16.6. The van der Waals surface area contributed by atoms with Gasteiger partial charge >= 0.3 is 6.09 Å². The first-order valence-electron chi connectivity index (χ1n) is 11.2. The molecule has 0 saturated heterocycles. The van der Waals surface area contributed by atoms with Crippen molar-refractivity contribution in [3.8, 4) is 17.2 Å². The summed E-state index contributed by atoms with van der Waals surface area (Å²) in [5, 5.41) is 18.5. The molecular weight excluding hydrogens is 438 g/mol. The highest BCUT2D eigenvalue weighted by molar-refractivity contribution is 5.93. The number of methoxy groups -OCH3 is 1. The highest BCUT2D eigenvalue weighted by Gasteiger charge is 2.22. The van der Waals surface area contributed by atoms with Crippen LogP contribution >= 0.6 is 0 Å². The van der Waals surface area contributed by atoms with Crippen LogP contribution in [0.25, 0.3) is 10.9 Å². The van der Waals surface area contributed by atoms with E-state index in [-0.39, 0.29) is 6.61 Å². The first-order chi connectivity index (χ1) is 16.2. The average molecular weight is 472 g/mol. The van der Waals surface area contributed by atoms with Gasteiger partial charge in [0.05, 0.1) is 23.7 Å². The maximum atomic E-state index is 12.5. The van der Waals surface area contributed by atoms with E-state index in [0.29, 0.717) is 53.5 Å². The van der Waals surface area contributed by atoms with E-state index < -0.39 is 17.8 Å². The molecule has 1 atom stereocenters. The molecule has 0 spiro atoms. The number of para-hydroxylation sites is 2. The van der Waals surface area contributed by atoms with E-state index in [4.69, 9.17) is 18.9 Å². The molecule has 9 nitrogen and oxygen atoms in total. The van der Waals surface area contributed by atoms with Crippen LogP contribution in [0.3, 0.4) is 0 Å². The molecule has 184 valence electrons. The summed E-state index contributed by atoms with van der Waals surface area (Å²) >= 11 is 0. The fourth-order valence-corrected chi connectivity index (χ4v) is 3.36. The maximum Gasteiger partial charge on any atom is 0.435 e. The third kappa shape index (κ3) is 6.61. The molecule has 0 saturated carbocycles. The zero-order valence-electron chi connectivity index (χ0n) is 20.3. The van der Waals surface area contributed by atoms with Gasteiger partial charge in [-0.3, -0.25) is 0 Å². The number of carbonyl (C=O) groups excluding carboxylic acids is 1. The number of carbonyl (C=O) groups is 1. The Hall–Kier alpha value is -3.30. The Bertz CT molecular complexity index is 1110. The highest BCUT2D eigenvalue weighted by Crippen LogP contribution is 2.29. The van der Waals surface area contributed by atoms with Crippen LogP contribution in [0.4, 0.5) is 4.79 Å². The SMILES string of the molecule is COc1ccccc1OCCNCC(O)COc1cccc2c1c(C)nn2C(=O)OC(C)(C)C. The van der Waals surface area contributed by atoms with E-state index in [9.17, 15) is 9.90 Å². The lowest BCUT2D eigenvalue weighted by Gasteiger charge is -2.19. The van der Waals surface area contributed by atoms with Gasteiger partial charge in [0.1, 0.15) is 30.7 Å². The van der Waals surface area contributed by atoms with Gasteiger partial charge < -0.3 is 29.4 Å². The lowest BCUT2D eigenvalue weighted by atomic mass is 10.2. The number of hydrogen-bond acceptors (Lipinski definition) is 8. The predicted molar refractivity (Wildman–Crippen MR) is 129 cm³/mol. The molecule has 0 aliphatic rings. The number of nitrogens with zero attached hydrogens (tertiary/aromatic N) is 2. The number of hydrogen-bond donors (Lipinski definition) is 2. The first kappa shape index (κ1) is 25.3. The summed E-state index contributed by atoms with van der Waals surface area (Å²) in [5.74, 6) is 1.89. The van der Waals surface area contributed by atoms with Gasteiger partial charge in [-0.05, 0) is 52.0 Å². The van der Waals surface area contributed by atoms with Crippen molar-refractivity contribution in [3.63, 3.8) is 0 Å². The Morgan fingerprint density at radius 2 is 1.79 bits per heavy atom. The van der Waals surface area contributed by atoms with Crippen molar-refractivity contribution in [2.45, 2.75) is 39.4 Å². The number of aromatic nitrogens is 2. The van der Waals surface area contributed by atoms with Crippen LogP contribution in [0.15, 0.2) is 42.5 Å². The fourth-order valence-electron chi connectivity index (χ4n) is 3.36. The molecule has 0 aliphatic heterocycles.